The number of aliphatic hydroxyl groups is 2. The number of aromatic nitrogens is 4. The van der Waals surface area contributed by atoms with Gasteiger partial charge in [0.15, 0.2) is 5.65 Å². The van der Waals surface area contributed by atoms with Crippen molar-refractivity contribution < 1.29 is 15.0 Å². The molecule has 0 radical (unpaired) electrons. The number of nitrogens with zero attached hydrogens (tertiary/aromatic N) is 5. The summed E-state index contributed by atoms with van der Waals surface area (Å²) >= 11 is 1.72. The van der Waals surface area contributed by atoms with E-state index in [0.717, 1.165) is 23.1 Å². The van der Waals surface area contributed by atoms with Gasteiger partial charge in [-0.25, -0.2) is 9.97 Å². The lowest BCUT2D eigenvalue weighted by Gasteiger charge is -2.23. The van der Waals surface area contributed by atoms with Crippen molar-refractivity contribution in [2.45, 2.75) is 65.1 Å². The van der Waals surface area contributed by atoms with Gasteiger partial charge in [0.05, 0.1) is 17.6 Å². The van der Waals surface area contributed by atoms with E-state index < -0.39 is 18.1 Å². The monoisotopic (exact) mass is 417 g/mol. The number of aryl methyl sites for hydroxylation is 2. The normalized spacial score (nSPS) is 18.8. The first kappa shape index (κ1) is 20.2. The number of rotatable bonds is 5. The van der Waals surface area contributed by atoms with E-state index in [9.17, 15) is 15.0 Å². The summed E-state index contributed by atoms with van der Waals surface area (Å²) in [6, 6.07) is 0. The van der Waals surface area contributed by atoms with Crippen LogP contribution in [0.3, 0.4) is 0 Å². The van der Waals surface area contributed by atoms with E-state index in [4.69, 9.17) is 4.98 Å². The van der Waals surface area contributed by atoms with Crippen LogP contribution < -0.4 is 0 Å². The van der Waals surface area contributed by atoms with Gasteiger partial charge in [-0.2, -0.15) is 4.52 Å². The molecule has 3 unspecified atom stereocenters. The first-order valence-electron chi connectivity index (χ1n) is 10.1. The second-order valence-electron chi connectivity index (χ2n) is 8.15. The fourth-order valence-electron chi connectivity index (χ4n) is 4.20. The van der Waals surface area contributed by atoms with Gasteiger partial charge in [-0.15, -0.1) is 16.4 Å². The van der Waals surface area contributed by atoms with Crippen molar-refractivity contribution >= 4 is 33.1 Å². The van der Waals surface area contributed by atoms with Crippen LogP contribution in [0.1, 0.15) is 66.4 Å². The van der Waals surface area contributed by atoms with Crippen LogP contribution in [0.5, 0.6) is 0 Å². The highest BCUT2D eigenvalue weighted by Gasteiger charge is 2.28. The number of carbonyl (C=O) groups is 1. The van der Waals surface area contributed by atoms with Gasteiger partial charge in [0.2, 0.25) is 5.82 Å². The van der Waals surface area contributed by atoms with Crippen LogP contribution in [0.2, 0.25) is 0 Å². The van der Waals surface area contributed by atoms with E-state index in [1.54, 1.807) is 29.7 Å². The minimum atomic E-state index is -0.713. The predicted molar refractivity (Wildman–Crippen MR) is 112 cm³/mol. The van der Waals surface area contributed by atoms with E-state index in [2.05, 4.69) is 17.0 Å². The summed E-state index contributed by atoms with van der Waals surface area (Å²) in [5, 5.41) is 25.0. The molecule has 4 rings (SSSR count). The summed E-state index contributed by atoms with van der Waals surface area (Å²) < 4.78 is 1.65. The highest BCUT2D eigenvalue weighted by atomic mass is 32.1. The molecule has 0 bridgehead atoms. The minimum Gasteiger partial charge on any atom is -0.392 e. The Hall–Kier alpha value is -2.10. The predicted octanol–water partition coefficient (Wildman–Crippen LogP) is 2.29. The van der Waals surface area contributed by atoms with Gasteiger partial charge < -0.3 is 15.1 Å². The van der Waals surface area contributed by atoms with Gasteiger partial charge in [0.25, 0.3) is 5.91 Å². The molecule has 3 aromatic heterocycles. The topological polar surface area (TPSA) is 104 Å². The number of hydrogen-bond donors (Lipinski definition) is 2. The van der Waals surface area contributed by atoms with Crippen LogP contribution in [-0.2, 0) is 6.42 Å². The molecule has 0 saturated heterocycles. The molecule has 3 atom stereocenters. The minimum absolute atomic E-state index is 0.0621. The summed E-state index contributed by atoms with van der Waals surface area (Å²) in [5.74, 6) is 0.772. The van der Waals surface area contributed by atoms with Crippen molar-refractivity contribution in [2.24, 2.45) is 0 Å². The van der Waals surface area contributed by atoms with Gasteiger partial charge in [-0.05, 0) is 51.5 Å². The fourth-order valence-corrected chi connectivity index (χ4v) is 5.57. The Bertz CT molecular complexity index is 1060. The van der Waals surface area contributed by atoms with E-state index >= 15 is 0 Å². The molecule has 0 aliphatic heterocycles. The molecule has 2 N–H and O–H groups in total. The summed E-state index contributed by atoms with van der Waals surface area (Å²) in [6.07, 6.45) is 1.95. The number of amides is 1. The highest BCUT2D eigenvalue weighted by Crippen LogP contribution is 2.42. The van der Waals surface area contributed by atoms with Crippen molar-refractivity contribution in [3.8, 4) is 0 Å². The molecule has 3 aromatic rings. The highest BCUT2D eigenvalue weighted by molar-refractivity contribution is 7.19. The number of fused-ring (bicyclic) bond motifs is 5. The Kier molecular flexibility index (Phi) is 5.30. The van der Waals surface area contributed by atoms with Crippen molar-refractivity contribution in [1.29, 1.82) is 0 Å². The molecule has 8 nitrogen and oxygen atoms in total. The lowest BCUT2D eigenvalue weighted by atomic mass is 9.87. The maximum Gasteiger partial charge on any atom is 0.293 e. The van der Waals surface area contributed by atoms with Crippen molar-refractivity contribution in [2.75, 3.05) is 13.1 Å². The molecule has 29 heavy (non-hydrogen) atoms. The first-order chi connectivity index (χ1) is 13.8. The molecule has 0 aromatic carbocycles. The average molecular weight is 418 g/mol. The Labute approximate surface area is 173 Å². The molecule has 156 valence electrons. The number of aliphatic hydroxyl groups excluding tert-OH is 2. The number of carbonyl (C=O) groups excluding carboxylic acids is 1. The van der Waals surface area contributed by atoms with Gasteiger partial charge in [0.1, 0.15) is 10.7 Å². The lowest BCUT2D eigenvalue weighted by Crippen LogP contribution is -2.41. The van der Waals surface area contributed by atoms with E-state index in [-0.39, 0.29) is 18.9 Å². The Morgan fingerprint density at radius 3 is 2.62 bits per heavy atom. The second-order valence-corrected chi connectivity index (χ2v) is 9.23. The molecular formula is C20H27N5O3S. The van der Waals surface area contributed by atoms with Crippen molar-refractivity contribution in [1.82, 2.24) is 24.5 Å². The van der Waals surface area contributed by atoms with Crippen LogP contribution >= 0.6 is 11.3 Å². The van der Waals surface area contributed by atoms with Crippen LogP contribution in [0.25, 0.3) is 15.9 Å². The molecule has 0 spiro atoms. The zero-order valence-electron chi connectivity index (χ0n) is 17.2. The SMILES string of the molecule is Cc1nc2sc3c(c2c2nc(C(=O)N(CC(C)O)CC(C)O)nn12)C(C)CCC3. The quantitative estimate of drug-likeness (QED) is 0.660. The summed E-state index contributed by atoms with van der Waals surface area (Å²) in [6.45, 7) is 7.52. The molecule has 3 heterocycles. The van der Waals surface area contributed by atoms with Crippen LogP contribution in [0, 0.1) is 6.92 Å². The lowest BCUT2D eigenvalue weighted by molar-refractivity contribution is 0.0507. The van der Waals surface area contributed by atoms with E-state index in [1.807, 2.05) is 6.92 Å². The van der Waals surface area contributed by atoms with E-state index in [0.29, 0.717) is 17.4 Å². The van der Waals surface area contributed by atoms with E-state index in [1.165, 1.54) is 21.8 Å². The molecule has 0 saturated carbocycles. The molecule has 0 fully saturated rings. The average Bonchev–Trinajstić information content (AvgIpc) is 3.22. The van der Waals surface area contributed by atoms with Gasteiger partial charge in [-0.1, -0.05) is 6.92 Å². The number of thiophene rings is 1. The molecule has 1 amide bonds. The van der Waals surface area contributed by atoms with Crippen LogP contribution in [0.4, 0.5) is 0 Å². The van der Waals surface area contributed by atoms with Gasteiger partial charge in [0, 0.05) is 18.0 Å². The summed E-state index contributed by atoms with van der Waals surface area (Å²) in [7, 11) is 0. The summed E-state index contributed by atoms with van der Waals surface area (Å²) in [4.78, 5) is 26.1. The Morgan fingerprint density at radius 2 is 1.97 bits per heavy atom. The fraction of sp³-hybridized carbons (Fsp3) is 0.600. The third-order valence-electron chi connectivity index (χ3n) is 5.39. The van der Waals surface area contributed by atoms with Crippen molar-refractivity contribution in [3.05, 3.63) is 22.1 Å². The zero-order valence-corrected chi connectivity index (χ0v) is 18.0. The maximum absolute atomic E-state index is 13.1. The number of hydrogen-bond acceptors (Lipinski definition) is 7. The standard InChI is InChI=1S/C20H27N5O3S/c1-10-6-5-7-14-15(10)16-18-22-17(23-25(18)13(4)21-19(16)29-14)20(28)24(8-11(2)26)9-12(3)27/h10-12,26-27H,5-9H2,1-4H3. The third-order valence-corrected chi connectivity index (χ3v) is 6.54. The Balaban J connectivity index is 1.85. The molecular weight excluding hydrogens is 390 g/mol. The molecule has 1 aliphatic carbocycles. The summed E-state index contributed by atoms with van der Waals surface area (Å²) in [5.41, 5.74) is 1.96. The Morgan fingerprint density at radius 1 is 1.28 bits per heavy atom. The molecule has 1 aliphatic rings. The van der Waals surface area contributed by atoms with Gasteiger partial charge in [-0.3, -0.25) is 4.79 Å². The third kappa shape index (κ3) is 3.62. The largest absolute Gasteiger partial charge is 0.392 e. The van der Waals surface area contributed by atoms with Crippen molar-refractivity contribution in [3.63, 3.8) is 0 Å². The van der Waals surface area contributed by atoms with Crippen LogP contribution in [0.15, 0.2) is 0 Å². The van der Waals surface area contributed by atoms with Crippen LogP contribution in [-0.4, -0.2) is 65.9 Å². The maximum atomic E-state index is 13.1. The second kappa shape index (κ2) is 7.62. The first-order valence-corrected chi connectivity index (χ1v) is 10.9. The smallest absolute Gasteiger partial charge is 0.293 e. The molecule has 9 heteroatoms. The van der Waals surface area contributed by atoms with Gasteiger partial charge >= 0.3 is 0 Å². The zero-order chi connectivity index (χ0) is 20.9.